The van der Waals surface area contributed by atoms with Crippen molar-refractivity contribution in [2.45, 2.75) is 66.3 Å². The monoisotopic (exact) mass is 315 g/mol. The van der Waals surface area contributed by atoms with Crippen molar-refractivity contribution in [3.05, 3.63) is 40.0 Å². The average Bonchev–Trinajstić information content (AvgIpc) is 2.72. The highest BCUT2D eigenvalue weighted by molar-refractivity contribution is 5.81. The van der Waals surface area contributed by atoms with Crippen LogP contribution in [0.25, 0.3) is 5.57 Å². The molecular formula is C21H33NO. The average molecular weight is 316 g/mol. The Hall–Kier alpha value is -1.12. The third-order valence-electron chi connectivity index (χ3n) is 5.67. The van der Waals surface area contributed by atoms with Crippen molar-refractivity contribution in [2.24, 2.45) is 0 Å². The Labute approximate surface area is 142 Å². The van der Waals surface area contributed by atoms with E-state index in [0.717, 1.165) is 26.2 Å². The number of rotatable bonds is 7. The number of hydrogen-bond acceptors (Lipinski definition) is 2. The number of hydrogen-bond donors (Lipinski definition) is 1. The molecule has 0 spiro atoms. The molecule has 23 heavy (non-hydrogen) atoms. The topological polar surface area (TPSA) is 21.3 Å². The Morgan fingerprint density at radius 2 is 1.83 bits per heavy atom. The van der Waals surface area contributed by atoms with Crippen LogP contribution in [-0.4, -0.2) is 25.8 Å². The van der Waals surface area contributed by atoms with E-state index in [9.17, 15) is 0 Å². The van der Waals surface area contributed by atoms with Gasteiger partial charge in [-0.25, -0.2) is 0 Å². The van der Waals surface area contributed by atoms with E-state index in [1.807, 2.05) is 0 Å². The lowest BCUT2D eigenvalue weighted by Crippen LogP contribution is -2.40. The second kappa shape index (κ2) is 7.19. The van der Waals surface area contributed by atoms with Crippen LogP contribution in [-0.2, 0) is 10.2 Å². The number of benzene rings is 1. The summed E-state index contributed by atoms with van der Waals surface area (Å²) < 4.78 is 5.98. The Balaban J connectivity index is 2.57. The highest BCUT2D eigenvalue weighted by Gasteiger charge is 2.43. The van der Waals surface area contributed by atoms with Gasteiger partial charge < -0.3 is 10.1 Å². The molecule has 0 saturated heterocycles. The van der Waals surface area contributed by atoms with E-state index in [1.54, 1.807) is 0 Å². The van der Waals surface area contributed by atoms with Gasteiger partial charge >= 0.3 is 0 Å². The molecule has 2 nitrogen and oxygen atoms in total. The van der Waals surface area contributed by atoms with E-state index in [-0.39, 0.29) is 5.41 Å². The smallest absolute Gasteiger partial charge is 0.0601 e. The molecule has 0 amide bonds. The minimum atomic E-state index is 0.00940. The number of aryl methyl sites for hydroxylation is 1. The van der Waals surface area contributed by atoms with Gasteiger partial charge in [-0.15, -0.1) is 0 Å². The molecule has 2 heteroatoms. The summed E-state index contributed by atoms with van der Waals surface area (Å²) in [5.74, 6) is 0. The molecule has 0 bridgehead atoms. The Morgan fingerprint density at radius 1 is 1.13 bits per heavy atom. The van der Waals surface area contributed by atoms with Gasteiger partial charge in [0.2, 0.25) is 0 Å². The first-order chi connectivity index (χ1) is 10.9. The van der Waals surface area contributed by atoms with Crippen LogP contribution < -0.4 is 5.32 Å². The predicted octanol–water partition coefficient (Wildman–Crippen LogP) is 4.77. The second-order valence-electron chi connectivity index (χ2n) is 7.06. The first-order valence-electron chi connectivity index (χ1n) is 8.99. The van der Waals surface area contributed by atoms with Crippen molar-refractivity contribution in [1.29, 1.82) is 0 Å². The molecule has 2 rings (SSSR count). The van der Waals surface area contributed by atoms with Crippen LogP contribution in [0.4, 0.5) is 0 Å². The Morgan fingerprint density at radius 3 is 2.43 bits per heavy atom. The maximum Gasteiger partial charge on any atom is 0.0601 e. The summed E-state index contributed by atoms with van der Waals surface area (Å²) in [6.07, 6.45) is 1.08. The van der Waals surface area contributed by atoms with E-state index < -0.39 is 0 Å². The minimum Gasteiger partial charge on any atom is -0.380 e. The molecule has 2 unspecified atom stereocenters. The van der Waals surface area contributed by atoms with Gasteiger partial charge in [-0.05, 0) is 82.3 Å². The fourth-order valence-corrected chi connectivity index (χ4v) is 4.17. The molecule has 1 aromatic rings. The lowest BCUT2D eigenvalue weighted by Gasteiger charge is -2.35. The van der Waals surface area contributed by atoms with Gasteiger partial charge in [-0.2, -0.15) is 0 Å². The van der Waals surface area contributed by atoms with Crippen molar-refractivity contribution < 1.29 is 4.74 Å². The third kappa shape index (κ3) is 3.12. The number of nitrogens with one attached hydrogen (secondary N) is 1. The molecule has 1 aromatic carbocycles. The molecule has 0 aromatic heterocycles. The molecule has 1 aliphatic rings. The highest BCUT2D eigenvalue weighted by atomic mass is 16.5. The fraction of sp³-hybridized carbons (Fsp3) is 0.619. The SMILES string of the molecule is CCNC(C)CC1(COCC)C(C)=C(C)c2c1ccc(C)c2C. The Bertz CT molecular complexity index is 602. The maximum atomic E-state index is 5.98. The van der Waals surface area contributed by atoms with Crippen LogP contribution in [0.5, 0.6) is 0 Å². The quantitative estimate of drug-likeness (QED) is 0.782. The Kier molecular flexibility index (Phi) is 5.70. The van der Waals surface area contributed by atoms with E-state index in [4.69, 9.17) is 4.74 Å². The summed E-state index contributed by atoms with van der Waals surface area (Å²) in [6.45, 7) is 18.2. The maximum absolute atomic E-state index is 5.98. The molecule has 1 N–H and O–H groups in total. The van der Waals surface area contributed by atoms with E-state index in [2.05, 4.69) is 65.9 Å². The largest absolute Gasteiger partial charge is 0.380 e. The molecule has 0 fully saturated rings. The van der Waals surface area contributed by atoms with Crippen LogP contribution in [0, 0.1) is 13.8 Å². The van der Waals surface area contributed by atoms with Gasteiger partial charge in [0, 0.05) is 18.1 Å². The van der Waals surface area contributed by atoms with Crippen molar-refractivity contribution in [3.8, 4) is 0 Å². The number of ether oxygens (including phenoxy) is 1. The van der Waals surface area contributed by atoms with Crippen LogP contribution in [0.1, 0.15) is 63.3 Å². The van der Waals surface area contributed by atoms with Crippen LogP contribution >= 0.6 is 0 Å². The summed E-state index contributed by atoms with van der Waals surface area (Å²) >= 11 is 0. The molecule has 0 aliphatic heterocycles. The van der Waals surface area contributed by atoms with Crippen molar-refractivity contribution in [1.82, 2.24) is 5.32 Å². The number of allylic oxidation sites excluding steroid dienone is 1. The molecule has 128 valence electrons. The highest BCUT2D eigenvalue weighted by Crippen LogP contribution is 2.50. The second-order valence-corrected chi connectivity index (χ2v) is 7.06. The normalized spacial score (nSPS) is 21.7. The lowest BCUT2D eigenvalue weighted by atomic mass is 9.73. The molecule has 0 heterocycles. The summed E-state index contributed by atoms with van der Waals surface area (Å²) in [5, 5.41) is 3.59. The van der Waals surface area contributed by atoms with Crippen LogP contribution in [0.3, 0.4) is 0 Å². The zero-order chi connectivity index (χ0) is 17.2. The lowest BCUT2D eigenvalue weighted by molar-refractivity contribution is 0.0985. The zero-order valence-corrected chi connectivity index (χ0v) is 16.0. The fourth-order valence-electron chi connectivity index (χ4n) is 4.17. The predicted molar refractivity (Wildman–Crippen MR) is 100 cm³/mol. The number of fused-ring (bicyclic) bond motifs is 1. The van der Waals surface area contributed by atoms with E-state index in [1.165, 1.54) is 33.4 Å². The van der Waals surface area contributed by atoms with Crippen molar-refractivity contribution in [2.75, 3.05) is 19.8 Å². The summed E-state index contributed by atoms with van der Waals surface area (Å²) in [7, 11) is 0. The summed E-state index contributed by atoms with van der Waals surface area (Å²) in [5.41, 5.74) is 8.68. The van der Waals surface area contributed by atoms with Gasteiger partial charge in [0.1, 0.15) is 0 Å². The van der Waals surface area contributed by atoms with Gasteiger partial charge in [0.15, 0.2) is 0 Å². The van der Waals surface area contributed by atoms with E-state index in [0.29, 0.717) is 6.04 Å². The van der Waals surface area contributed by atoms with Crippen molar-refractivity contribution >= 4 is 5.57 Å². The minimum absolute atomic E-state index is 0.00940. The molecule has 1 aliphatic carbocycles. The van der Waals surface area contributed by atoms with Gasteiger partial charge in [-0.1, -0.05) is 24.6 Å². The third-order valence-corrected chi connectivity index (χ3v) is 5.67. The molecule has 2 atom stereocenters. The first-order valence-corrected chi connectivity index (χ1v) is 8.99. The van der Waals surface area contributed by atoms with Crippen LogP contribution in [0.15, 0.2) is 17.7 Å². The zero-order valence-electron chi connectivity index (χ0n) is 16.0. The molecule has 0 radical (unpaired) electrons. The first kappa shape index (κ1) is 18.2. The van der Waals surface area contributed by atoms with Crippen molar-refractivity contribution in [3.63, 3.8) is 0 Å². The molecule has 0 saturated carbocycles. The molecular weight excluding hydrogens is 282 g/mol. The van der Waals surface area contributed by atoms with Gasteiger partial charge in [0.05, 0.1) is 6.61 Å². The van der Waals surface area contributed by atoms with E-state index >= 15 is 0 Å². The summed E-state index contributed by atoms with van der Waals surface area (Å²) in [4.78, 5) is 0. The summed E-state index contributed by atoms with van der Waals surface area (Å²) in [6, 6.07) is 5.09. The van der Waals surface area contributed by atoms with Gasteiger partial charge in [-0.3, -0.25) is 0 Å². The standard InChI is InChI=1S/C21H33NO/c1-8-22-15(4)12-21(13-23-9-2)18(7)17(6)20-16(5)14(3)10-11-19(20)21/h10-11,15,22H,8-9,12-13H2,1-7H3. The van der Waals surface area contributed by atoms with Gasteiger partial charge in [0.25, 0.3) is 0 Å². The van der Waals surface area contributed by atoms with Crippen LogP contribution in [0.2, 0.25) is 0 Å².